The quantitative estimate of drug-likeness (QED) is 0.285. The van der Waals surface area contributed by atoms with Gasteiger partial charge in [-0.25, -0.2) is 0 Å². The summed E-state index contributed by atoms with van der Waals surface area (Å²) in [4.78, 5) is 0. The number of halogens is 2. The van der Waals surface area contributed by atoms with Crippen LogP contribution in [0, 0.1) is 5.92 Å². The van der Waals surface area contributed by atoms with Gasteiger partial charge in [-0.15, -0.1) is 0 Å². The molecular weight excluding hydrogens is 655 g/mol. The van der Waals surface area contributed by atoms with Crippen LogP contribution in [0.15, 0.2) is 54.6 Å². The molecule has 0 radical (unpaired) electrons. The largest absolute Gasteiger partial charge is 1.00 e. The van der Waals surface area contributed by atoms with E-state index in [2.05, 4.69) is 112 Å². The second-order valence-electron chi connectivity index (χ2n) is 14.9. The maximum Gasteiger partial charge on any atom is -1.00 e. The van der Waals surface area contributed by atoms with E-state index in [9.17, 15) is 0 Å². The third-order valence-electron chi connectivity index (χ3n) is 10.9. The molecule has 0 fully saturated rings. The Labute approximate surface area is 288 Å². The fourth-order valence-electron chi connectivity index (χ4n) is 8.80. The molecule has 0 amide bonds. The number of fused-ring (bicyclic) bond motifs is 5. The van der Waals surface area contributed by atoms with Crippen LogP contribution < -0.4 is 24.8 Å². The van der Waals surface area contributed by atoms with Gasteiger partial charge in [-0.1, -0.05) is 0 Å². The number of unbranched alkanes of at least 4 members (excludes halogenated alkanes) is 2. The van der Waals surface area contributed by atoms with Gasteiger partial charge in [-0.2, -0.15) is 0 Å². The van der Waals surface area contributed by atoms with E-state index in [1.165, 1.54) is 77.5 Å². The molecule has 2 aromatic rings. The first kappa shape index (κ1) is 35.6. The van der Waals surface area contributed by atoms with Crippen molar-refractivity contribution in [3.05, 3.63) is 88.0 Å². The molecule has 1 unspecified atom stereocenters. The van der Waals surface area contributed by atoms with Crippen LogP contribution in [0.4, 0.5) is 0 Å². The molecule has 2 aromatic carbocycles. The second-order valence-corrected chi connectivity index (χ2v) is 21.2. The molecule has 0 N–H and O–H groups in total. The van der Waals surface area contributed by atoms with Crippen molar-refractivity contribution < 1.29 is 46.1 Å². The zero-order valence-electron chi connectivity index (χ0n) is 28.8. The average Bonchev–Trinajstić information content (AvgIpc) is 3.58. The molecule has 0 aliphatic heterocycles. The van der Waals surface area contributed by atoms with Gasteiger partial charge in [0.15, 0.2) is 0 Å². The molecule has 0 saturated carbocycles. The number of hydrogen-bond acceptors (Lipinski definition) is 0. The van der Waals surface area contributed by atoms with Gasteiger partial charge in [-0.3, -0.25) is 0 Å². The zero-order valence-corrected chi connectivity index (χ0v) is 32.8. The minimum Gasteiger partial charge on any atom is -1.00 e. The van der Waals surface area contributed by atoms with E-state index < -0.39 is 21.3 Å². The van der Waals surface area contributed by atoms with Gasteiger partial charge in [0, 0.05) is 0 Å². The minimum atomic E-state index is -2.32. The van der Waals surface area contributed by atoms with Crippen LogP contribution in [0.5, 0.6) is 0 Å². The molecule has 0 bridgehead atoms. The summed E-state index contributed by atoms with van der Waals surface area (Å²) in [6, 6.07) is 10.3. The van der Waals surface area contributed by atoms with E-state index in [4.69, 9.17) is 0 Å². The molecule has 44 heavy (non-hydrogen) atoms. The van der Waals surface area contributed by atoms with Crippen molar-refractivity contribution >= 4 is 14.4 Å². The van der Waals surface area contributed by atoms with E-state index in [1.807, 2.05) is 9.77 Å². The normalized spacial score (nSPS) is 19.5. The van der Waals surface area contributed by atoms with Crippen molar-refractivity contribution in [1.29, 1.82) is 0 Å². The van der Waals surface area contributed by atoms with Gasteiger partial charge >= 0.3 is 266 Å². The third kappa shape index (κ3) is 5.75. The van der Waals surface area contributed by atoms with Crippen LogP contribution in [-0.4, -0.2) is 3.21 Å². The number of hydrogen-bond donors (Lipinski definition) is 0. The zero-order chi connectivity index (χ0) is 30.1. The monoisotopic (exact) mass is 704 g/mol. The van der Waals surface area contributed by atoms with Gasteiger partial charge in [0.25, 0.3) is 0 Å². The summed E-state index contributed by atoms with van der Waals surface area (Å²) in [7, 11) is 0. The van der Waals surface area contributed by atoms with Gasteiger partial charge in [0.1, 0.15) is 0 Å². The van der Waals surface area contributed by atoms with Crippen molar-refractivity contribution in [2.45, 2.75) is 125 Å². The first-order valence-electron chi connectivity index (χ1n) is 16.8. The summed E-state index contributed by atoms with van der Waals surface area (Å²) < 4.78 is 5.70. The minimum absolute atomic E-state index is 0. The van der Waals surface area contributed by atoms with Crippen LogP contribution in [0.3, 0.4) is 0 Å². The standard InChI is InChI=1S/C25H25.C9H18.C7H9.2ClH.Zr/c1-14-12-24(3,4)22-8-16-7-17-9-23-19(15(2)13-25(23,5)6)11-21(17)20(16)10-18(14)22;1-3-5-7-9-8-6-4-2;1-6-3-4-7(2)5-6;;;/h8-12H,7H2,1-6H3;3-8H2,1-2H3;3,5,7H,1-2H3;2*1H;/q;;;;;+2/p-2. The summed E-state index contributed by atoms with van der Waals surface area (Å²) in [5, 5.41) is 0. The molecule has 6 rings (SSSR count). The summed E-state index contributed by atoms with van der Waals surface area (Å²) in [6.45, 7) is 24.2. The van der Waals surface area contributed by atoms with Crippen LogP contribution in [0.1, 0.15) is 141 Å². The maximum atomic E-state index is 2.65. The fraction of sp³-hybridized carbons (Fsp3) is 0.488. The summed E-state index contributed by atoms with van der Waals surface area (Å²) >= 11 is -2.32. The van der Waals surface area contributed by atoms with E-state index in [0.717, 1.165) is 6.42 Å². The Bertz CT molecular complexity index is 1640. The fourth-order valence-corrected chi connectivity index (χ4v) is 18.8. The van der Waals surface area contributed by atoms with Crippen LogP contribution in [0.25, 0.3) is 22.3 Å². The van der Waals surface area contributed by atoms with Crippen LogP contribution >= 0.6 is 0 Å². The smallest absolute Gasteiger partial charge is 1.00 e. The Morgan fingerprint density at radius 3 is 1.91 bits per heavy atom. The average molecular weight is 707 g/mol. The van der Waals surface area contributed by atoms with Gasteiger partial charge in [-0.05, 0) is 0 Å². The molecule has 4 aliphatic carbocycles. The number of rotatable bonds is 8. The molecule has 0 saturated heterocycles. The molecule has 0 aromatic heterocycles. The van der Waals surface area contributed by atoms with Gasteiger partial charge in [0.05, 0.1) is 0 Å². The van der Waals surface area contributed by atoms with E-state index in [1.54, 1.807) is 22.3 Å². The first-order valence-corrected chi connectivity index (χ1v) is 20.5. The van der Waals surface area contributed by atoms with Gasteiger partial charge < -0.3 is 24.8 Å². The Hall–Kier alpha value is -1.27. The predicted octanol–water partition coefficient (Wildman–Crippen LogP) is 5.63. The number of allylic oxidation sites excluding steroid dienone is 8. The molecule has 4 aliphatic rings. The van der Waals surface area contributed by atoms with Crippen molar-refractivity contribution in [2.24, 2.45) is 5.92 Å². The molecule has 0 nitrogen and oxygen atoms in total. The molecule has 234 valence electrons. The van der Waals surface area contributed by atoms with Crippen molar-refractivity contribution in [1.82, 2.24) is 0 Å². The molecule has 0 heterocycles. The Balaban J connectivity index is 0.00000221. The predicted molar refractivity (Wildman–Crippen MR) is 182 cm³/mol. The molecule has 1 atom stereocenters. The second kappa shape index (κ2) is 13.1. The van der Waals surface area contributed by atoms with Crippen molar-refractivity contribution in [3.63, 3.8) is 0 Å². The first-order chi connectivity index (χ1) is 19.9. The topological polar surface area (TPSA) is 0 Å². The van der Waals surface area contributed by atoms with E-state index in [-0.39, 0.29) is 35.6 Å². The van der Waals surface area contributed by atoms with Crippen molar-refractivity contribution in [2.75, 3.05) is 0 Å². The van der Waals surface area contributed by atoms with Gasteiger partial charge in [0.2, 0.25) is 0 Å². The maximum absolute atomic E-state index is 2.65. The van der Waals surface area contributed by atoms with Crippen LogP contribution in [-0.2, 0) is 38.5 Å². The van der Waals surface area contributed by atoms with Crippen LogP contribution in [0.2, 0.25) is 0 Å². The van der Waals surface area contributed by atoms with E-state index >= 15 is 0 Å². The number of benzene rings is 2. The SMILES string of the molecule is CCCC[C](CCCC)=[Zr+2]([C]1=CC(C)=CC1C)[C]1=C(C)c2cc3c(cc2C1(C)C)Cc1cc2c(cc1-3)C(C)=CC2(C)C.[Cl-].[Cl-]. The molecular formula is C41H52Cl2Zr. The molecule has 3 heteroatoms. The molecule has 0 spiro atoms. The Morgan fingerprint density at radius 1 is 0.795 bits per heavy atom. The van der Waals surface area contributed by atoms with E-state index in [0.29, 0.717) is 5.92 Å². The Morgan fingerprint density at radius 2 is 1.36 bits per heavy atom. The summed E-state index contributed by atoms with van der Waals surface area (Å²) in [5.74, 6) is 0.594. The Kier molecular flexibility index (Phi) is 10.6. The summed E-state index contributed by atoms with van der Waals surface area (Å²) in [5.41, 5.74) is 17.0. The summed E-state index contributed by atoms with van der Waals surface area (Å²) in [6.07, 6.45) is 16.7. The van der Waals surface area contributed by atoms with Crippen molar-refractivity contribution in [3.8, 4) is 11.1 Å². The third-order valence-corrected chi connectivity index (χ3v) is 20.4.